The molecular weight excluding hydrogens is 705 g/mol. The maximum Gasteiger partial charge on any atom is 0.161 e. The lowest BCUT2D eigenvalue weighted by Gasteiger charge is -2.15. The SMILES string of the molecule is c1ccc(-c2cc(-c3ccccc3)nc(-c3ccc(-n4c5ccccc5c5cc6c7c8ccccc8ccc7n(-c7ccccc7)c6cc54)c4ccccc34)n2)cc1. The molecular formula is C54H34N4. The molecule has 4 heteroatoms. The first kappa shape index (κ1) is 32.4. The highest BCUT2D eigenvalue weighted by Gasteiger charge is 2.22. The molecule has 58 heavy (non-hydrogen) atoms. The Hall–Kier alpha value is -7.82. The van der Waals surface area contributed by atoms with E-state index in [2.05, 4.69) is 203 Å². The van der Waals surface area contributed by atoms with Crippen molar-refractivity contribution < 1.29 is 0 Å². The van der Waals surface area contributed by atoms with Gasteiger partial charge in [0.1, 0.15) is 0 Å². The molecule has 0 unspecified atom stereocenters. The summed E-state index contributed by atoms with van der Waals surface area (Å²) in [5.74, 6) is 0.700. The van der Waals surface area contributed by atoms with E-state index < -0.39 is 0 Å². The Morgan fingerprint density at radius 1 is 0.328 bits per heavy atom. The number of aromatic nitrogens is 4. The van der Waals surface area contributed by atoms with Gasteiger partial charge in [0.25, 0.3) is 0 Å². The number of nitrogens with zero attached hydrogens (tertiary/aromatic N) is 4. The van der Waals surface area contributed by atoms with Crippen LogP contribution in [0.1, 0.15) is 0 Å². The average molecular weight is 739 g/mol. The smallest absolute Gasteiger partial charge is 0.161 e. The van der Waals surface area contributed by atoms with Crippen LogP contribution < -0.4 is 0 Å². The van der Waals surface area contributed by atoms with Crippen LogP contribution in [-0.2, 0) is 0 Å². The highest BCUT2D eigenvalue weighted by atomic mass is 15.0. The Morgan fingerprint density at radius 2 is 0.914 bits per heavy atom. The van der Waals surface area contributed by atoms with Gasteiger partial charge >= 0.3 is 0 Å². The van der Waals surface area contributed by atoms with Crippen LogP contribution >= 0.6 is 0 Å². The van der Waals surface area contributed by atoms with Crippen LogP contribution in [0.5, 0.6) is 0 Å². The predicted molar refractivity (Wildman–Crippen MR) is 242 cm³/mol. The Kier molecular flexibility index (Phi) is 7.20. The second kappa shape index (κ2) is 12.9. The summed E-state index contributed by atoms with van der Waals surface area (Å²) in [6.45, 7) is 0. The van der Waals surface area contributed by atoms with Crippen molar-refractivity contribution in [2.45, 2.75) is 0 Å². The van der Waals surface area contributed by atoms with Crippen molar-refractivity contribution in [3.05, 3.63) is 206 Å². The maximum absolute atomic E-state index is 5.24. The Balaban J connectivity index is 1.15. The molecule has 12 aromatic rings. The second-order valence-electron chi connectivity index (χ2n) is 15.0. The minimum Gasteiger partial charge on any atom is -0.309 e. The number of hydrogen-bond acceptors (Lipinski definition) is 2. The lowest BCUT2D eigenvalue weighted by molar-refractivity contribution is 1.17. The molecule has 0 spiro atoms. The summed E-state index contributed by atoms with van der Waals surface area (Å²) >= 11 is 0. The highest BCUT2D eigenvalue weighted by molar-refractivity contribution is 6.25. The number of hydrogen-bond donors (Lipinski definition) is 0. The molecule has 0 saturated heterocycles. The van der Waals surface area contributed by atoms with Crippen LogP contribution in [-0.4, -0.2) is 19.1 Å². The van der Waals surface area contributed by atoms with E-state index in [1.807, 2.05) is 12.1 Å². The molecule has 0 amide bonds. The van der Waals surface area contributed by atoms with E-state index >= 15 is 0 Å². The molecule has 3 heterocycles. The van der Waals surface area contributed by atoms with Crippen LogP contribution in [0.3, 0.4) is 0 Å². The van der Waals surface area contributed by atoms with Gasteiger partial charge in [0, 0.05) is 49.3 Å². The van der Waals surface area contributed by atoms with Gasteiger partial charge in [-0.1, -0.05) is 152 Å². The Labute approximate surface area is 334 Å². The summed E-state index contributed by atoms with van der Waals surface area (Å²) < 4.78 is 4.89. The van der Waals surface area contributed by atoms with Gasteiger partial charge in [0.2, 0.25) is 0 Å². The number of fused-ring (bicyclic) bond motifs is 9. The van der Waals surface area contributed by atoms with Crippen LogP contribution in [0.4, 0.5) is 0 Å². The zero-order valence-corrected chi connectivity index (χ0v) is 31.4. The first-order chi connectivity index (χ1) is 28.8. The topological polar surface area (TPSA) is 35.6 Å². The van der Waals surface area contributed by atoms with E-state index in [9.17, 15) is 0 Å². The molecule has 3 aromatic heterocycles. The molecule has 9 aromatic carbocycles. The fraction of sp³-hybridized carbons (Fsp3) is 0. The third kappa shape index (κ3) is 4.95. The van der Waals surface area contributed by atoms with Crippen molar-refractivity contribution in [2.24, 2.45) is 0 Å². The lowest BCUT2D eigenvalue weighted by Crippen LogP contribution is -1.99. The van der Waals surface area contributed by atoms with Crippen LogP contribution in [0.2, 0.25) is 0 Å². The highest BCUT2D eigenvalue weighted by Crippen LogP contribution is 2.43. The first-order valence-corrected chi connectivity index (χ1v) is 19.8. The molecule has 0 aliphatic heterocycles. The van der Waals surface area contributed by atoms with Gasteiger partial charge in [-0.15, -0.1) is 0 Å². The molecule has 270 valence electrons. The van der Waals surface area contributed by atoms with E-state index in [-0.39, 0.29) is 0 Å². The summed E-state index contributed by atoms with van der Waals surface area (Å²) in [4.78, 5) is 10.5. The van der Waals surface area contributed by atoms with Crippen LogP contribution in [0, 0.1) is 0 Å². The number of benzene rings is 9. The molecule has 0 radical (unpaired) electrons. The van der Waals surface area contributed by atoms with Gasteiger partial charge in [-0.05, 0) is 70.8 Å². The van der Waals surface area contributed by atoms with Gasteiger partial charge in [0.05, 0.1) is 39.1 Å². The van der Waals surface area contributed by atoms with Crippen molar-refractivity contribution in [1.82, 2.24) is 19.1 Å². The molecule has 0 atom stereocenters. The molecule has 0 bridgehead atoms. The summed E-state index contributed by atoms with van der Waals surface area (Å²) in [6, 6.07) is 73.7. The van der Waals surface area contributed by atoms with E-state index in [4.69, 9.17) is 9.97 Å². The van der Waals surface area contributed by atoms with E-state index in [1.165, 1.54) is 43.4 Å². The lowest BCUT2D eigenvalue weighted by atomic mass is 10.0. The minimum absolute atomic E-state index is 0.700. The van der Waals surface area contributed by atoms with E-state index in [0.717, 1.165) is 61.3 Å². The molecule has 0 saturated carbocycles. The number of rotatable bonds is 5. The van der Waals surface area contributed by atoms with Crippen molar-refractivity contribution in [2.75, 3.05) is 0 Å². The van der Waals surface area contributed by atoms with E-state index in [1.54, 1.807) is 0 Å². The zero-order valence-electron chi connectivity index (χ0n) is 31.4. The minimum atomic E-state index is 0.700. The molecule has 0 fully saturated rings. The third-order valence-corrected chi connectivity index (χ3v) is 11.7. The third-order valence-electron chi connectivity index (χ3n) is 11.7. The normalized spacial score (nSPS) is 11.8. The largest absolute Gasteiger partial charge is 0.309 e. The van der Waals surface area contributed by atoms with Gasteiger partial charge in [-0.2, -0.15) is 0 Å². The number of para-hydroxylation sites is 2. The maximum atomic E-state index is 5.24. The van der Waals surface area contributed by atoms with E-state index in [0.29, 0.717) is 5.82 Å². The van der Waals surface area contributed by atoms with Crippen molar-refractivity contribution >= 4 is 65.2 Å². The molecule has 4 nitrogen and oxygen atoms in total. The summed E-state index contributed by atoms with van der Waals surface area (Å²) in [6.07, 6.45) is 0. The Bertz CT molecular complexity index is 3490. The zero-order chi connectivity index (χ0) is 38.2. The Morgan fingerprint density at radius 3 is 1.64 bits per heavy atom. The summed E-state index contributed by atoms with van der Waals surface area (Å²) in [5, 5.41) is 9.70. The van der Waals surface area contributed by atoms with Crippen LogP contribution in [0.15, 0.2) is 206 Å². The fourth-order valence-electron chi connectivity index (χ4n) is 9.12. The molecule has 0 aliphatic rings. The van der Waals surface area contributed by atoms with Gasteiger partial charge in [0.15, 0.2) is 5.82 Å². The first-order valence-electron chi connectivity index (χ1n) is 19.8. The van der Waals surface area contributed by atoms with Crippen molar-refractivity contribution in [3.8, 4) is 45.3 Å². The summed E-state index contributed by atoms with van der Waals surface area (Å²) in [7, 11) is 0. The van der Waals surface area contributed by atoms with Crippen molar-refractivity contribution in [3.63, 3.8) is 0 Å². The second-order valence-corrected chi connectivity index (χ2v) is 15.0. The molecule has 0 aliphatic carbocycles. The van der Waals surface area contributed by atoms with Gasteiger partial charge in [-0.3, -0.25) is 0 Å². The molecule has 0 N–H and O–H groups in total. The van der Waals surface area contributed by atoms with Gasteiger partial charge in [-0.25, -0.2) is 9.97 Å². The standard InChI is InChI=1S/C54H34N4/c1-4-17-36(18-5-1)46-33-47(37-19-6-2-7-20-37)56-54(55-46)43-29-31-49(41-25-13-12-24-40(41)43)58-48-27-15-14-26-42(48)44-32-45-52(34-51(44)58)57(38-21-8-3-9-22-38)50-30-28-35-16-10-11-23-39(35)53(45)50/h1-34H. The predicted octanol–water partition coefficient (Wildman–Crippen LogP) is 14.0. The quantitative estimate of drug-likeness (QED) is 0.176. The monoisotopic (exact) mass is 738 g/mol. The average Bonchev–Trinajstić information content (AvgIpc) is 3.80. The van der Waals surface area contributed by atoms with Gasteiger partial charge < -0.3 is 9.13 Å². The summed E-state index contributed by atoms with van der Waals surface area (Å²) in [5.41, 5.74) is 11.8. The molecule has 12 rings (SSSR count). The van der Waals surface area contributed by atoms with Crippen molar-refractivity contribution in [1.29, 1.82) is 0 Å². The van der Waals surface area contributed by atoms with Crippen LogP contribution in [0.25, 0.3) is 110 Å². The fourth-order valence-corrected chi connectivity index (χ4v) is 9.12.